The highest BCUT2D eigenvalue weighted by Gasteiger charge is 2.09. The minimum absolute atomic E-state index is 0.177. The van der Waals surface area contributed by atoms with Gasteiger partial charge in [-0.15, -0.1) is 0 Å². The fourth-order valence-corrected chi connectivity index (χ4v) is 1.07. The number of hydrogen-bond acceptors (Lipinski definition) is 1. The average molecular weight is 179 g/mol. The Kier molecular flexibility index (Phi) is 1.81. The van der Waals surface area contributed by atoms with Crippen molar-refractivity contribution in [3.63, 3.8) is 0 Å². The third-order valence-corrected chi connectivity index (χ3v) is 1.62. The number of para-hydroxylation sites is 1. The van der Waals surface area contributed by atoms with Crippen molar-refractivity contribution in [2.45, 2.75) is 0 Å². The Morgan fingerprint density at radius 3 is 2.46 bits per heavy atom. The molecule has 0 spiro atoms. The van der Waals surface area contributed by atoms with Crippen LogP contribution in [0.5, 0.6) is 0 Å². The summed E-state index contributed by atoms with van der Waals surface area (Å²) in [6, 6.07) is 5.15. The summed E-state index contributed by atoms with van der Waals surface area (Å²) in [5.41, 5.74) is -0.177. The third kappa shape index (κ3) is 1.30. The second kappa shape index (κ2) is 2.97. The molecular formula is C9H5F2N2. The van der Waals surface area contributed by atoms with Crippen LogP contribution in [-0.4, -0.2) is 9.78 Å². The molecule has 1 radical (unpaired) electrons. The lowest BCUT2D eigenvalue weighted by atomic mass is 10.3. The van der Waals surface area contributed by atoms with E-state index in [4.69, 9.17) is 0 Å². The Hall–Kier alpha value is -1.71. The first-order valence-electron chi connectivity index (χ1n) is 3.65. The van der Waals surface area contributed by atoms with Crippen molar-refractivity contribution < 1.29 is 8.78 Å². The molecule has 0 saturated carbocycles. The second-order valence-electron chi connectivity index (χ2n) is 2.46. The predicted molar refractivity (Wildman–Crippen MR) is 42.3 cm³/mol. The molecule has 0 unspecified atom stereocenters. The molecular weight excluding hydrogens is 174 g/mol. The predicted octanol–water partition coefficient (Wildman–Crippen LogP) is 1.95. The second-order valence-corrected chi connectivity index (χ2v) is 2.46. The molecule has 4 heteroatoms. The summed E-state index contributed by atoms with van der Waals surface area (Å²) in [5.74, 6) is -1.28. The summed E-state index contributed by atoms with van der Waals surface area (Å²) in [7, 11) is 0. The van der Waals surface area contributed by atoms with E-state index < -0.39 is 11.6 Å². The molecule has 13 heavy (non-hydrogen) atoms. The average Bonchev–Trinajstić information content (AvgIpc) is 2.57. The fourth-order valence-electron chi connectivity index (χ4n) is 1.07. The van der Waals surface area contributed by atoms with Crippen molar-refractivity contribution in [3.8, 4) is 5.69 Å². The molecule has 1 heterocycles. The highest BCUT2D eigenvalue weighted by molar-refractivity contribution is 5.33. The number of benzene rings is 1. The van der Waals surface area contributed by atoms with E-state index in [2.05, 4.69) is 11.3 Å². The van der Waals surface area contributed by atoms with Crippen LogP contribution in [0, 0.1) is 17.8 Å². The van der Waals surface area contributed by atoms with E-state index in [1.165, 1.54) is 30.5 Å². The smallest absolute Gasteiger partial charge is 0.151 e. The van der Waals surface area contributed by atoms with E-state index in [1.54, 1.807) is 0 Å². The van der Waals surface area contributed by atoms with Crippen LogP contribution in [-0.2, 0) is 0 Å². The van der Waals surface area contributed by atoms with Crippen LogP contribution in [0.2, 0.25) is 0 Å². The van der Waals surface area contributed by atoms with Gasteiger partial charge in [-0.2, -0.15) is 5.10 Å². The van der Waals surface area contributed by atoms with Gasteiger partial charge < -0.3 is 0 Å². The Labute approximate surface area is 73.4 Å². The summed E-state index contributed by atoms with van der Waals surface area (Å²) >= 11 is 0. The Morgan fingerprint density at radius 1 is 1.23 bits per heavy atom. The van der Waals surface area contributed by atoms with Gasteiger partial charge in [-0.25, -0.2) is 13.5 Å². The molecule has 1 aromatic carbocycles. The van der Waals surface area contributed by atoms with Gasteiger partial charge in [0.1, 0.15) is 11.9 Å². The molecule has 0 saturated heterocycles. The monoisotopic (exact) mass is 179 g/mol. The van der Waals surface area contributed by atoms with Crippen molar-refractivity contribution in [1.82, 2.24) is 9.78 Å². The molecule has 2 aromatic rings. The molecule has 0 amide bonds. The molecule has 0 aliphatic heterocycles. The fraction of sp³-hybridized carbons (Fsp3) is 0. The Bertz CT molecular complexity index is 389. The summed E-state index contributed by atoms with van der Waals surface area (Å²) in [4.78, 5) is 0. The zero-order valence-electron chi connectivity index (χ0n) is 6.54. The van der Waals surface area contributed by atoms with E-state index in [0.717, 1.165) is 4.68 Å². The van der Waals surface area contributed by atoms with Crippen LogP contribution in [0.1, 0.15) is 0 Å². The molecule has 2 nitrogen and oxygen atoms in total. The van der Waals surface area contributed by atoms with E-state index in [-0.39, 0.29) is 5.69 Å². The maximum absolute atomic E-state index is 13.1. The van der Waals surface area contributed by atoms with E-state index >= 15 is 0 Å². The lowest BCUT2D eigenvalue weighted by Crippen LogP contribution is -2.01. The Balaban J connectivity index is 2.64. The van der Waals surface area contributed by atoms with Crippen molar-refractivity contribution in [2.24, 2.45) is 0 Å². The first kappa shape index (κ1) is 7.91. The van der Waals surface area contributed by atoms with Crippen LogP contribution in [0.4, 0.5) is 8.78 Å². The quantitative estimate of drug-likeness (QED) is 0.654. The van der Waals surface area contributed by atoms with Gasteiger partial charge in [-0.3, -0.25) is 0 Å². The molecule has 0 N–H and O–H groups in total. The minimum Gasteiger partial charge on any atom is -0.234 e. The topological polar surface area (TPSA) is 17.8 Å². The molecule has 0 atom stereocenters. The van der Waals surface area contributed by atoms with Gasteiger partial charge in [0.25, 0.3) is 0 Å². The molecule has 0 aliphatic carbocycles. The Morgan fingerprint density at radius 2 is 1.92 bits per heavy atom. The lowest BCUT2D eigenvalue weighted by Gasteiger charge is -2.03. The number of halogens is 2. The van der Waals surface area contributed by atoms with E-state index in [1.807, 2.05) is 0 Å². The lowest BCUT2D eigenvalue weighted by molar-refractivity contribution is 0.560. The van der Waals surface area contributed by atoms with E-state index in [9.17, 15) is 8.78 Å². The maximum Gasteiger partial charge on any atom is 0.151 e. The minimum atomic E-state index is -0.642. The number of aromatic nitrogens is 2. The van der Waals surface area contributed by atoms with Gasteiger partial charge >= 0.3 is 0 Å². The molecule has 2 rings (SSSR count). The molecule has 1 aromatic heterocycles. The zero-order chi connectivity index (χ0) is 9.26. The number of rotatable bonds is 1. The van der Waals surface area contributed by atoms with Crippen molar-refractivity contribution >= 4 is 0 Å². The van der Waals surface area contributed by atoms with Gasteiger partial charge in [-0.1, -0.05) is 6.07 Å². The van der Waals surface area contributed by atoms with Gasteiger partial charge in [0.2, 0.25) is 0 Å². The number of nitrogens with zero attached hydrogens (tertiary/aromatic N) is 2. The highest BCUT2D eigenvalue weighted by Crippen LogP contribution is 2.15. The largest absolute Gasteiger partial charge is 0.234 e. The van der Waals surface area contributed by atoms with Crippen molar-refractivity contribution in [1.29, 1.82) is 0 Å². The van der Waals surface area contributed by atoms with Gasteiger partial charge in [-0.05, 0) is 18.2 Å². The third-order valence-electron chi connectivity index (χ3n) is 1.62. The maximum atomic E-state index is 13.1. The molecule has 0 fully saturated rings. The standard InChI is InChI=1S/C9H5F2N2/c10-7-3-1-4-8(11)9(7)13-6-2-5-12-13/h1-4,6H. The molecule has 0 bridgehead atoms. The van der Waals surface area contributed by atoms with Gasteiger partial charge in [0.05, 0.1) is 0 Å². The molecule has 65 valence electrons. The van der Waals surface area contributed by atoms with Crippen LogP contribution < -0.4 is 0 Å². The van der Waals surface area contributed by atoms with E-state index in [0.29, 0.717) is 0 Å². The van der Waals surface area contributed by atoms with Gasteiger partial charge in [0.15, 0.2) is 11.6 Å². The highest BCUT2D eigenvalue weighted by atomic mass is 19.1. The first-order chi connectivity index (χ1) is 6.29. The first-order valence-corrected chi connectivity index (χ1v) is 3.65. The van der Waals surface area contributed by atoms with Crippen LogP contribution in [0.3, 0.4) is 0 Å². The molecule has 0 aliphatic rings. The zero-order valence-corrected chi connectivity index (χ0v) is 6.54. The summed E-state index contributed by atoms with van der Waals surface area (Å²) < 4.78 is 27.3. The van der Waals surface area contributed by atoms with Crippen LogP contribution in [0.15, 0.2) is 30.5 Å². The number of hydrogen-bond donors (Lipinski definition) is 0. The summed E-state index contributed by atoms with van der Waals surface area (Å²) in [6.45, 7) is 0. The normalized spacial score (nSPS) is 10.3. The van der Waals surface area contributed by atoms with Crippen LogP contribution >= 0.6 is 0 Å². The summed E-state index contributed by atoms with van der Waals surface area (Å²) in [5, 5.41) is 3.62. The summed E-state index contributed by atoms with van der Waals surface area (Å²) in [6.07, 6.45) is 3.89. The van der Waals surface area contributed by atoms with Crippen molar-refractivity contribution in [2.75, 3.05) is 0 Å². The van der Waals surface area contributed by atoms with Crippen LogP contribution in [0.25, 0.3) is 5.69 Å². The van der Waals surface area contributed by atoms with Crippen molar-refractivity contribution in [3.05, 3.63) is 48.3 Å². The van der Waals surface area contributed by atoms with Gasteiger partial charge in [0, 0.05) is 6.20 Å². The SMILES string of the molecule is Fc1cccc(F)c1-n1cc[c]n1.